The molecule has 0 saturated carbocycles. The van der Waals surface area contributed by atoms with Crippen LogP contribution in [-0.4, -0.2) is 90.4 Å². The maximum Gasteiger partial charge on any atom is 0.407 e. The largest absolute Gasteiger partial charge is 0.444 e. The van der Waals surface area contributed by atoms with Crippen LogP contribution >= 0.6 is 0 Å². The molecule has 12 heteroatoms. The lowest BCUT2D eigenvalue weighted by Gasteiger charge is -2.36. The van der Waals surface area contributed by atoms with Gasteiger partial charge in [-0.1, -0.05) is 0 Å². The highest BCUT2D eigenvalue weighted by atomic mass is 19.1. The van der Waals surface area contributed by atoms with Gasteiger partial charge in [-0.05, 0) is 39.3 Å². The quantitative estimate of drug-likeness (QED) is 0.567. The minimum atomic E-state index is -1.10. The fraction of sp³-hybridized carbons (Fsp3) is 0.542. The summed E-state index contributed by atoms with van der Waals surface area (Å²) in [5.41, 5.74) is -0.393. The molecule has 2 saturated heterocycles. The molecule has 1 unspecified atom stereocenters. The number of nitrogens with one attached hydrogen (secondary N) is 2. The zero-order valence-electron chi connectivity index (χ0n) is 20.6. The molecule has 2 fully saturated rings. The second kappa shape index (κ2) is 9.84. The van der Waals surface area contributed by atoms with Crippen molar-refractivity contribution in [3.63, 3.8) is 0 Å². The van der Waals surface area contributed by atoms with Gasteiger partial charge in [0, 0.05) is 45.7 Å². The molecule has 194 valence electrons. The van der Waals surface area contributed by atoms with E-state index < -0.39 is 47.2 Å². The Hall–Kier alpha value is -3.54. The first-order valence-corrected chi connectivity index (χ1v) is 11.9. The van der Waals surface area contributed by atoms with E-state index in [2.05, 4.69) is 15.5 Å². The smallest absolute Gasteiger partial charge is 0.407 e. The molecular formula is C24H30FN5O6. The molecule has 11 nitrogen and oxygen atoms in total. The van der Waals surface area contributed by atoms with E-state index in [0.29, 0.717) is 39.3 Å². The molecule has 1 aromatic rings. The van der Waals surface area contributed by atoms with Gasteiger partial charge in [0.25, 0.3) is 11.8 Å². The summed E-state index contributed by atoms with van der Waals surface area (Å²) in [7, 11) is 0. The lowest BCUT2D eigenvalue weighted by molar-refractivity contribution is -0.136. The van der Waals surface area contributed by atoms with E-state index in [9.17, 15) is 24.0 Å². The first kappa shape index (κ1) is 25.5. The number of amides is 5. The SMILES string of the molecule is CC(C)(C)OC(=O)NCCN1CCN(c2cc3c(cc2F)C(=O)N(C2CCC(=O)NC2=O)C3=O)CC1. The second-order valence-corrected chi connectivity index (χ2v) is 10.1. The maximum absolute atomic E-state index is 15.0. The van der Waals surface area contributed by atoms with Crippen molar-refractivity contribution in [1.82, 2.24) is 20.4 Å². The molecule has 2 N–H and O–H groups in total. The Labute approximate surface area is 207 Å². The van der Waals surface area contributed by atoms with Gasteiger partial charge in [-0.3, -0.25) is 34.3 Å². The summed E-state index contributed by atoms with van der Waals surface area (Å²) in [6, 6.07) is 1.32. The number of hydrogen-bond acceptors (Lipinski definition) is 8. The van der Waals surface area contributed by atoms with E-state index in [1.807, 2.05) is 0 Å². The number of hydrogen-bond donors (Lipinski definition) is 2. The van der Waals surface area contributed by atoms with Crippen LogP contribution in [0.25, 0.3) is 0 Å². The Kier molecular flexibility index (Phi) is 6.98. The van der Waals surface area contributed by atoms with Crippen molar-refractivity contribution < 1.29 is 33.1 Å². The number of rotatable bonds is 5. The highest BCUT2D eigenvalue weighted by Crippen LogP contribution is 2.33. The fourth-order valence-corrected chi connectivity index (χ4v) is 4.56. The molecule has 3 aliphatic rings. The van der Waals surface area contributed by atoms with Crippen LogP contribution in [0.1, 0.15) is 54.3 Å². The number of imide groups is 2. The van der Waals surface area contributed by atoms with E-state index in [4.69, 9.17) is 4.74 Å². The molecule has 0 aromatic heterocycles. The highest BCUT2D eigenvalue weighted by Gasteiger charge is 2.45. The van der Waals surface area contributed by atoms with Gasteiger partial charge in [-0.15, -0.1) is 0 Å². The minimum Gasteiger partial charge on any atom is -0.444 e. The Morgan fingerprint density at radius 1 is 1.08 bits per heavy atom. The Morgan fingerprint density at radius 3 is 2.33 bits per heavy atom. The molecule has 36 heavy (non-hydrogen) atoms. The number of benzene rings is 1. The molecule has 0 aliphatic carbocycles. The number of anilines is 1. The number of alkyl carbamates (subject to hydrolysis) is 1. The van der Waals surface area contributed by atoms with Crippen molar-refractivity contribution in [2.75, 3.05) is 44.2 Å². The van der Waals surface area contributed by atoms with E-state index in [0.717, 1.165) is 11.0 Å². The van der Waals surface area contributed by atoms with Crippen LogP contribution in [-0.2, 0) is 14.3 Å². The van der Waals surface area contributed by atoms with E-state index in [-0.39, 0.29) is 29.7 Å². The molecular weight excluding hydrogens is 473 g/mol. The average molecular weight is 504 g/mol. The third kappa shape index (κ3) is 5.32. The summed E-state index contributed by atoms with van der Waals surface area (Å²) in [5.74, 6) is -3.20. The van der Waals surface area contributed by atoms with E-state index in [1.165, 1.54) is 6.07 Å². The predicted molar refractivity (Wildman–Crippen MR) is 126 cm³/mol. The molecule has 0 spiro atoms. The van der Waals surface area contributed by atoms with Crippen LogP contribution in [0, 0.1) is 5.82 Å². The summed E-state index contributed by atoms with van der Waals surface area (Å²) >= 11 is 0. The predicted octanol–water partition coefficient (Wildman–Crippen LogP) is 0.874. The van der Waals surface area contributed by atoms with Crippen molar-refractivity contribution in [2.45, 2.75) is 45.3 Å². The number of halogens is 1. The molecule has 3 aliphatic heterocycles. The number of piperazine rings is 1. The molecule has 0 radical (unpaired) electrons. The summed E-state index contributed by atoms with van der Waals surface area (Å²) in [6.07, 6.45) is -0.427. The van der Waals surface area contributed by atoms with Crippen molar-refractivity contribution >= 4 is 35.4 Å². The van der Waals surface area contributed by atoms with Crippen molar-refractivity contribution in [3.05, 3.63) is 29.1 Å². The normalized spacial score (nSPS) is 20.9. The summed E-state index contributed by atoms with van der Waals surface area (Å²) in [4.78, 5) is 66.1. The van der Waals surface area contributed by atoms with Gasteiger partial charge in [0.15, 0.2) is 0 Å². The molecule has 5 amide bonds. The van der Waals surface area contributed by atoms with Crippen molar-refractivity contribution in [3.8, 4) is 0 Å². The second-order valence-electron chi connectivity index (χ2n) is 10.1. The Balaban J connectivity index is 1.37. The molecule has 1 atom stereocenters. The monoisotopic (exact) mass is 503 g/mol. The number of ether oxygens (including phenoxy) is 1. The molecule has 0 bridgehead atoms. The standard InChI is InChI=1S/C24H30FN5O6/c1-24(2,3)36-23(35)26-6-7-28-8-10-29(11-9-28)18-13-15-14(12-16(18)25)21(33)30(22(15)34)17-4-5-19(31)27-20(17)32/h12-13,17H,4-11H2,1-3H3,(H,26,35)(H,27,31,32). The van der Waals surface area contributed by atoms with Gasteiger partial charge in [0.05, 0.1) is 16.8 Å². The van der Waals surface area contributed by atoms with Gasteiger partial charge in [0.2, 0.25) is 11.8 Å². The number of piperidine rings is 1. The molecule has 1 aromatic carbocycles. The number of fused-ring (bicyclic) bond motifs is 1. The van der Waals surface area contributed by atoms with Crippen molar-refractivity contribution in [2.24, 2.45) is 0 Å². The lowest BCUT2D eigenvalue weighted by atomic mass is 10.0. The van der Waals surface area contributed by atoms with Gasteiger partial charge in [-0.25, -0.2) is 9.18 Å². The Morgan fingerprint density at radius 2 is 1.72 bits per heavy atom. The minimum absolute atomic E-state index is 0.0149. The van der Waals surface area contributed by atoms with Crippen LogP contribution in [0.3, 0.4) is 0 Å². The molecule has 4 rings (SSSR count). The number of nitrogens with zero attached hydrogens (tertiary/aromatic N) is 3. The Bertz CT molecular complexity index is 1110. The van der Waals surface area contributed by atoms with Gasteiger partial charge < -0.3 is 15.0 Å². The van der Waals surface area contributed by atoms with E-state index >= 15 is 4.39 Å². The van der Waals surface area contributed by atoms with E-state index in [1.54, 1.807) is 25.7 Å². The summed E-state index contributed by atoms with van der Waals surface area (Å²) in [6.45, 7) is 8.59. The lowest BCUT2D eigenvalue weighted by Crippen LogP contribution is -2.54. The third-order valence-corrected chi connectivity index (χ3v) is 6.32. The van der Waals surface area contributed by atoms with Crippen molar-refractivity contribution in [1.29, 1.82) is 0 Å². The summed E-state index contributed by atoms with van der Waals surface area (Å²) in [5, 5.41) is 4.86. The van der Waals surface area contributed by atoms with Crippen LogP contribution in [0.5, 0.6) is 0 Å². The number of carbonyl (C=O) groups excluding carboxylic acids is 5. The first-order valence-electron chi connectivity index (χ1n) is 11.9. The zero-order valence-corrected chi connectivity index (χ0v) is 20.6. The van der Waals surface area contributed by atoms with Crippen LogP contribution in [0.15, 0.2) is 12.1 Å². The van der Waals surface area contributed by atoms with Crippen LogP contribution in [0.4, 0.5) is 14.9 Å². The number of carbonyl (C=O) groups is 5. The van der Waals surface area contributed by atoms with Crippen LogP contribution in [0.2, 0.25) is 0 Å². The first-order chi connectivity index (χ1) is 16.9. The van der Waals surface area contributed by atoms with Gasteiger partial charge >= 0.3 is 6.09 Å². The summed E-state index contributed by atoms with van der Waals surface area (Å²) < 4.78 is 20.2. The highest BCUT2D eigenvalue weighted by molar-refractivity contribution is 6.23. The third-order valence-electron chi connectivity index (χ3n) is 6.32. The molecule has 3 heterocycles. The average Bonchev–Trinajstić information content (AvgIpc) is 3.02. The maximum atomic E-state index is 15.0. The van der Waals surface area contributed by atoms with Gasteiger partial charge in [-0.2, -0.15) is 0 Å². The topological polar surface area (TPSA) is 128 Å². The zero-order chi connectivity index (χ0) is 26.2. The van der Waals surface area contributed by atoms with Crippen LogP contribution < -0.4 is 15.5 Å². The fourth-order valence-electron chi connectivity index (χ4n) is 4.56. The van der Waals surface area contributed by atoms with Gasteiger partial charge in [0.1, 0.15) is 17.5 Å².